The van der Waals surface area contributed by atoms with E-state index in [1.54, 1.807) is 37.3 Å². The zero-order valence-electron chi connectivity index (χ0n) is 13.3. The van der Waals surface area contributed by atoms with Crippen molar-refractivity contribution in [1.82, 2.24) is 0 Å². The number of nitro benzene ring substituents is 1. The number of thioether (sulfide) groups is 1. The van der Waals surface area contributed by atoms with Crippen LogP contribution in [-0.4, -0.2) is 22.5 Å². The van der Waals surface area contributed by atoms with Gasteiger partial charge in [0, 0.05) is 22.7 Å². The van der Waals surface area contributed by atoms with Crippen LogP contribution in [0, 0.1) is 10.1 Å². The number of esters is 1. The predicted octanol–water partition coefficient (Wildman–Crippen LogP) is 3.26. The molecule has 0 unspecified atom stereocenters. The third kappa shape index (κ3) is 5.21. The van der Waals surface area contributed by atoms with Crippen molar-refractivity contribution in [3.63, 3.8) is 0 Å². The molecule has 0 radical (unpaired) electrons. The van der Waals surface area contributed by atoms with Crippen LogP contribution in [0.1, 0.15) is 6.92 Å². The minimum absolute atomic E-state index is 0.0336. The number of nitrogens with one attached hydrogen (secondary N) is 1. The summed E-state index contributed by atoms with van der Waals surface area (Å²) < 4.78 is 4.99. The molecule has 0 aliphatic rings. The first-order chi connectivity index (χ1) is 12.0. The summed E-state index contributed by atoms with van der Waals surface area (Å²) in [5, 5.41) is 14.9. The van der Waals surface area contributed by atoms with Gasteiger partial charge in [-0.25, -0.2) is 4.79 Å². The quantitative estimate of drug-likeness (QED) is 0.160. The van der Waals surface area contributed by atoms with Crippen molar-refractivity contribution in [2.24, 2.45) is 5.10 Å². The number of rotatable bonds is 5. The van der Waals surface area contributed by atoms with Crippen molar-refractivity contribution in [3.05, 3.63) is 58.6 Å². The molecule has 0 heterocycles. The summed E-state index contributed by atoms with van der Waals surface area (Å²) in [6, 6.07) is 12.8. The summed E-state index contributed by atoms with van der Waals surface area (Å²) in [4.78, 5) is 23.0. The molecule has 0 amide bonds. The summed E-state index contributed by atoms with van der Waals surface area (Å²) in [5.74, 6) is -0.617. The molecule has 9 heteroatoms. The molecule has 2 aromatic carbocycles. The van der Waals surface area contributed by atoms with Crippen molar-refractivity contribution in [1.29, 1.82) is 0 Å². The van der Waals surface area contributed by atoms with Gasteiger partial charge in [-0.3, -0.25) is 15.5 Å². The van der Waals surface area contributed by atoms with Crippen LogP contribution in [0.3, 0.4) is 0 Å². The maximum atomic E-state index is 12.1. The number of ether oxygens (including phenoxy) is 1. The van der Waals surface area contributed by atoms with Gasteiger partial charge in [-0.1, -0.05) is 30.0 Å². The Kier molecular flexibility index (Phi) is 6.35. The van der Waals surface area contributed by atoms with Crippen LogP contribution < -0.4 is 11.2 Å². The Morgan fingerprint density at radius 3 is 2.76 bits per heavy atom. The number of non-ortho nitro benzene ring substituents is 1. The van der Waals surface area contributed by atoms with E-state index in [1.807, 2.05) is 0 Å². The van der Waals surface area contributed by atoms with E-state index < -0.39 is 10.9 Å². The smallest absolute Gasteiger partial charge is 0.365 e. The first-order valence-corrected chi connectivity index (χ1v) is 8.10. The highest BCUT2D eigenvalue weighted by Gasteiger charge is 2.16. The number of nitrogens with zero attached hydrogens (tertiary/aromatic N) is 2. The van der Waals surface area contributed by atoms with Crippen LogP contribution in [0.15, 0.2) is 58.5 Å². The molecule has 8 nitrogen and oxygen atoms in total. The van der Waals surface area contributed by atoms with Gasteiger partial charge >= 0.3 is 5.97 Å². The fourth-order valence-corrected chi connectivity index (χ4v) is 2.56. The second-order valence-corrected chi connectivity index (χ2v) is 5.73. The van der Waals surface area contributed by atoms with E-state index in [1.165, 1.54) is 18.2 Å². The van der Waals surface area contributed by atoms with Gasteiger partial charge in [0.2, 0.25) is 5.04 Å². The Hall–Kier alpha value is -3.07. The van der Waals surface area contributed by atoms with Crippen LogP contribution in [-0.2, 0) is 9.53 Å². The average molecular weight is 360 g/mol. The number of carbonyl (C=O) groups is 1. The molecule has 3 N–H and O–H groups in total. The SMILES string of the molecule is CCOC(=O)/C(=N\Nc1cccc([N+](=O)[O-])c1)Sc1ccccc1N. The number of benzene rings is 2. The topological polar surface area (TPSA) is 120 Å². The lowest BCUT2D eigenvalue weighted by Crippen LogP contribution is -2.16. The van der Waals surface area contributed by atoms with Crippen LogP contribution in [0.25, 0.3) is 0 Å². The standard InChI is InChI=1S/C16H16N4O4S/c1-2-24-16(21)15(25-14-9-4-3-8-13(14)17)19-18-11-6-5-7-12(10-11)20(22)23/h3-10,18H,2,17H2,1H3/b19-15+. The summed E-state index contributed by atoms with van der Waals surface area (Å²) in [6.07, 6.45) is 0. The van der Waals surface area contributed by atoms with E-state index in [2.05, 4.69) is 10.5 Å². The number of nitro groups is 1. The van der Waals surface area contributed by atoms with Gasteiger partial charge in [-0.2, -0.15) is 5.10 Å². The zero-order valence-corrected chi connectivity index (χ0v) is 14.2. The molecule has 0 aliphatic heterocycles. The van der Waals surface area contributed by atoms with Gasteiger partial charge < -0.3 is 10.5 Å². The molecule has 2 rings (SSSR count). The zero-order chi connectivity index (χ0) is 18.2. The first kappa shape index (κ1) is 18.3. The van der Waals surface area contributed by atoms with E-state index in [0.717, 1.165) is 11.8 Å². The predicted molar refractivity (Wildman–Crippen MR) is 97.5 cm³/mol. The van der Waals surface area contributed by atoms with Gasteiger partial charge in [0.15, 0.2) is 0 Å². The van der Waals surface area contributed by atoms with Gasteiger partial charge in [-0.05, 0) is 25.1 Å². The average Bonchev–Trinajstić information content (AvgIpc) is 2.60. The number of anilines is 2. The molecule has 0 atom stereocenters. The maximum absolute atomic E-state index is 12.1. The summed E-state index contributed by atoms with van der Waals surface area (Å²) in [6.45, 7) is 1.88. The second-order valence-electron chi connectivity index (χ2n) is 4.70. The van der Waals surface area contributed by atoms with E-state index in [9.17, 15) is 14.9 Å². The number of hydrazone groups is 1. The molecule has 25 heavy (non-hydrogen) atoms. The third-order valence-corrected chi connectivity index (χ3v) is 3.96. The van der Waals surface area contributed by atoms with E-state index in [-0.39, 0.29) is 17.3 Å². The fraction of sp³-hybridized carbons (Fsp3) is 0.125. The number of nitrogens with two attached hydrogens (primary N) is 1. The monoisotopic (exact) mass is 360 g/mol. The molecular formula is C16H16N4O4S. The van der Waals surface area contributed by atoms with Crippen LogP contribution in [0.4, 0.5) is 17.1 Å². The molecule has 0 bridgehead atoms. The Labute approximate surface area is 148 Å². The van der Waals surface area contributed by atoms with Gasteiger partial charge in [-0.15, -0.1) is 0 Å². The van der Waals surface area contributed by atoms with Crippen molar-refractivity contribution >= 4 is 39.8 Å². The van der Waals surface area contributed by atoms with Gasteiger partial charge in [0.25, 0.3) is 5.69 Å². The number of para-hydroxylation sites is 1. The lowest BCUT2D eigenvalue weighted by Gasteiger charge is -2.08. The Morgan fingerprint density at radius 2 is 2.08 bits per heavy atom. The molecule has 0 aliphatic carbocycles. The van der Waals surface area contributed by atoms with Crippen molar-refractivity contribution in [3.8, 4) is 0 Å². The van der Waals surface area contributed by atoms with Gasteiger partial charge in [0.1, 0.15) is 0 Å². The molecule has 0 saturated heterocycles. The first-order valence-electron chi connectivity index (χ1n) is 7.29. The van der Waals surface area contributed by atoms with Crippen molar-refractivity contribution in [2.75, 3.05) is 17.8 Å². The number of nitrogen functional groups attached to an aromatic ring is 1. The lowest BCUT2D eigenvalue weighted by molar-refractivity contribution is -0.384. The van der Waals surface area contributed by atoms with Crippen LogP contribution in [0.2, 0.25) is 0 Å². The normalized spacial score (nSPS) is 11.0. The molecule has 0 fully saturated rings. The van der Waals surface area contributed by atoms with Crippen LogP contribution >= 0.6 is 11.8 Å². The molecular weight excluding hydrogens is 344 g/mol. The highest BCUT2D eigenvalue weighted by molar-refractivity contribution is 8.15. The molecule has 2 aromatic rings. The van der Waals surface area contributed by atoms with Crippen LogP contribution in [0.5, 0.6) is 0 Å². The minimum atomic E-state index is -0.617. The van der Waals surface area contributed by atoms with Crippen molar-refractivity contribution < 1.29 is 14.5 Å². The number of carbonyl (C=O) groups excluding carboxylic acids is 1. The molecule has 0 aromatic heterocycles. The Balaban J connectivity index is 2.24. The minimum Gasteiger partial charge on any atom is -0.461 e. The molecule has 0 spiro atoms. The van der Waals surface area contributed by atoms with Gasteiger partial charge in [0.05, 0.1) is 17.2 Å². The van der Waals surface area contributed by atoms with E-state index >= 15 is 0 Å². The largest absolute Gasteiger partial charge is 0.461 e. The lowest BCUT2D eigenvalue weighted by atomic mass is 10.3. The summed E-state index contributed by atoms with van der Waals surface area (Å²) in [7, 11) is 0. The maximum Gasteiger partial charge on any atom is 0.365 e. The molecule has 0 saturated carbocycles. The summed E-state index contributed by atoms with van der Waals surface area (Å²) in [5.41, 5.74) is 9.31. The third-order valence-electron chi connectivity index (χ3n) is 2.92. The van der Waals surface area contributed by atoms with Crippen molar-refractivity contribution in [2.45, 2.75) is 11.8 Å². The highest BCUT2D eigenvalue weighted by atomic mass is 32.2. The number of hydrogen-bond acceptors (Lipinski definition) is 8. The summed E-state index contributed by atoms with van der Waals surface area (Å²) >= 11 is 1.05. The fourth-order valence-electron chi connectivity index (χ4n) is 1.78. The Bertz CT molecular complexity index is 810. The van der Waals surface area contributed by atoms with E-state index in [0.29, 0.717) is 16.3 Å². The molecule has 130 valence electrons. The van der Waals surface area contributed by atoms with E-state index in [4.69, 9.17) is 10.5 Å². The number of hydrogen-bond donors (Lipinski definition) is 2. The second kappa shape index (κ2) is 8.69. The highest BCUT2D eigenvalue weighted by Crippen LogP contribution is 2.26. The Morgan fingerprint density at radius 1 is 1.32 bits per heavy atom.